The van der Waals surface area contributed by atoms with Crippen LogP contribution in [0.4, 0.5) is 0 Å². The van der Waals surface area contributed by atoms with Crippen LogP contribution in [-0.2, 0) is 9.59 Å². The Balaban J connectivity index is 2.56. The highest BCUT2D eigenvalue weighted by molar-refractivity contribution is 5.80. The minimum atomic E-state index is -1.15. The van der Waals surface area contributed by atoms with Crippen molar-refractivity contribution in [3.05, 3.63) is 0 Å². The van der Waals surface area contributed by atoms with Crippen LogP contribution in [0, 0.1) is 5.92 Å². The molecule has 1 saturated carbocycles. The lowest BCUT2D eigenvalue weighted by atomic mass is 9.77. The van der Waals surface area contributed by atoms with Gasteiger partial charge in [0, 0.05) is 5.92 Å². The first-order chi connectivity index (χ1) is 5.96. The largest absolute Gasteiger partial charge is 0.480 e. The fourth-order valence-electron chi connectivity index (χ4n) is 1.63. The third-order valence-electron chi connectivity index (χ3n) is 2.71. The van der Waals surface area contributed by atoms with Crippen molar-refractivity contribution in [2.45, 2.75) is 31.2 Å². The van der Waals surface area contributed by atoms with Crippen molar-refractivity contribution in [2.24, 2.45) is 17.4 Å². The highest BCUT2D eigenvalue weighted by Gasteiger charge is 2.39. The van der Waals surface area contributed by atoms with Crippen molar-refractivity contribution < 1.29 is 14.7 Å². The second kappa shape index (κ2) is 3.33. The van der Waals surface area contributed by atoms with E-state index >= 15 is 0 Å². The van der Waals surface area contributed by atoms with Gasteiger partial charge in [0.15, 0.2) is 0 Å². The minimum absolute atomic E-state index is 0.198. The molecule has 5 N–H and O–H groups in total. The Hall–Kier alpha value is -1.10. The van der Waals surface area contributed by atoms with Gasteiger partial charge in [-0.15, -0.1) is 0 Å². The Labute approximate surface area is 76.1 Å². The molecule has 1 amide bonds. The van der Waals surface area contributed by atoms with E-state index in [1.54, 1.807) is 0 Å². The number of hydrogen-bond acceptors (Lipinski definition) is 3. The predicted octanol–water partition coefficient (Wildman–Crippen LogP) is -0.556. The fraction of sp³-hybridized carbons (Fsp3) is 0.750. The Bertz CT molecular complexity index is 232. The summed E-state index contributed by atoms with van der Waals surface area (Å²) in [5.74, 6) is -1.54. The van der Waals surface area contributed by atoms with Gasteiger partial charge in [-0.05, 0) is 25.7 Å². The Morgan fingerprint density at radius 2 is 1.77 bits per heavy atom. The van der Waals surface area contributed by atoms with E-state index in [1.165, 1.54) is 0 Å². The summed E-state index contributed by atoms with van der Waals surface area (Å²) in [7, 11) is 0. The zero-order chi connectivity index (χ0) is 10.1. The highest BCUT2D eigenvalue weighted by atomic mass is 16.4. The molecule has 0 aromatic carbocycles. The number of amides is 1. The molecule has 1 aliphatic rings. The number of nitrogens with two attached hydrogens (primary N) is 2. The monoisotopic (exact) mass is 186 g/mol. The maximum absolute atomic E-state index is 10.8. The number of hydrogen-bond donors (Lipinski definition) is 3. The maximum atomic E-state index is 10.8. The van der Waals surface area contributed by atoms with Crippen molar-refractivity contribution in [1.82, 2.24) is 0 Å². The van der Waals surface area contributed by atoms with E-state index in [4.69, 9.17) is 16.6 Å². The third-order valence-corrected chi connectivity index (χ3v) is 2.71. The van der Waals surface area contributed by atoms with E-state index < -0.39 is 11.5 Å². The van der Waals surface area contributed by atoms with E-state index in [2.05, 4.69) is 0 Å². The number of aliphatic carboxylic acids is 1. The van der Waals surface area contributed by atoms with Crippen LogP contribution in [0.3, 0.4) is 0 Å². The highest BCUT2D eigenvalue weighted by Crippen LogP contribution is 2.30. The Kier molecular flexibility index (Phi) is 2.56. The summed E-state index contributed by atoms with van der Waals surface area (Å²) >= 11 is 0. The van der Waals surface area contributed by atoms with Crippen LogP contribution >= 0.6 is 0 Å². The summed E-state index contributed by atoms with van der Waals surface area (Å²) in [4.78, 5) is 21.5. The smallest absolute Gasteiger partial charge is 0.323 e. The molecule has 74 valence electrons. The second-order valence-corrected chi connectivity index (χ2v) is 3.64. The topological polar surface area (TPSA) is 106 Å². The lowest BCUT2D eigenvalue weighted by molar-refractivity contribution is -0.145. The Morgan fingerprint density at radius 3 is 2.08 bits per heavy atom. The van der Waals surface area contributed by atoms with E-state index in [0.29, 0.717) is 25.7 Å². The molecule has 0 radical (unpaired) electrons. The zero-order valence-electron chi connectivity index (χ0n) is 7.32. The summed E-state index contributed by atoms with van der Waals surface area (Å²) in [6.45, 7) is 0. The van der Waals surface area contributed by atoms with Crippen LogP contribution in [0.5, 0.6) is 0 Å². The first-order valence-corrected chi connectivity index (χ1v) is 4.27. The number of primary amides is 1. The van der Waals surface area contributed by atoms with Gasteiger partial charge in [0.2, 0.25) is 5.91 Å². The van der Waals surface area contributed by atoms with Crippen molar-refractivity contribution >= 4 is 11.9 Å². The molecule has 1 fully saturated rings. The average molecular weight is 186 g/mol. The van der Waals surface area contributed by atoms with Gasteiger partial charge in [-0.2, -0.15) is 0 Å². The molecule has 0 saturated heterocycles. The fourth-order valence-corrected chi connectivity index (χ4v) is 1.63. The van der Waals surface area contributed by atoms with Gasteiger partial charge >= 0.3 is 5.97 Å². The molecule has 5 heteroatoms. The van der Waals surface area contributed by atoms with E-state index in [0.717, 1.165) is 0 Å². The van der Waals surface area contributed by atoms with Crippen LogP contribution in [0.2, 0.25) is 0 Å². The molecular formula is C8H14N2O3. The summed E-state index contributed by atoms with van der Waals surface area (Å²) in [6.07, 6.45) is 1.63. The number of rotatable bonds is 2. The van der Waals surface area contributed by atoms with Gasteiger partial charge in [-0.1, -0.05) is 0 Å². The van der Waals surface area contributed by atoms with Gasteiger partial charge in [0.1, 0.15) is 5.54 Å². The molecule has 5 nitrogen and oxygen atoms in total. The normalized spacial score (nSPS) is 34.1. The molecular weight excluding hydrogens is 172 g/mol. The van der Waals surface area contributed by atoms with E-state index in [1.807, 2.05) is 0 Å². The molecule has 1 rings (SSSR count). The van der Waals surface area contributed by atoms with Crippen LogP contribution < -0.4 is 11.5 Å². The standard InChI is InChI=1S/C8H14N2O3/c9-6(11)5-1-3-8(10,4-2-5)7(12)13/h5H,1-4,10H2,(H2,9,11)(H,12,13). The molecule has 13 heavy (non-hydrogen) atoms. The molecule has 0 heterocycles. The van der Waals surface area contributed by atoms with Crippen LogP contribution in [-0.4, -0.2) is 22.5 Å². The first-order valence-electron chi connectivity index (χ1n) is 4.27. The van der Waals surface area contributed by atoms with Crippen LogP contribution in [0.25, 0.3) is 0 Å². The third kappa shape index (κ3) is 1.98. The summed E-state index contributed by atoms with van der Waals surface area (Å²) in [6, 6.07) is 0. The average Bonchev–Trinajstić information content (AvgIpc) is 2.04. The quantitative estimate of drug-likeness (QED) is 0.537. The molecule has 0 aliphatic heterocycles. The van der Waals surface area contributed by atoms with Gasteiger partial charge in [0.05, 0.1) is 0 Å². The summed E-state index contributed by atoms with van der Waals surface area (Å²) in [5.41, 5.74) is 9.57. The van der Waals surface area contributed by atoms with Crippen LogP contribution in [0.15, 0.2) is 0 Å². The summed E-state index contributed by atoms with van der Waals surface area (Å²) in [5, 5.41) is 8.78. The lowest BCUT2D eigenvalue weighted by Gasteiger charge is -2.32. The van der Waals surface area contributed by atoms with Crippen molar-refractivity contribution in [3.63, 3.8) is 0 Å². The van der Waals surface area contributed by atoms with Gasteiger partial charge < -0.3 is 16.6 Å². The molecule has 0 atom stereocenters. The molecule has 0 unspecified atom stereocenters. The van der Waals surface area contributed by atoms with Gasteiger partial charge in [-0.25, -0.2) is 0 Å². The summed E-state index contributed by atoms with van der Waals surface area (Å²) < 4.78 is 0. The van der Waals surface area contributed by atoms with E-state index in [9.17, 15) is 9.59 Å². The number of carboxylic acids is 1. The number of carbonyl (C=O) groups excluding carboxylic acids is 1. The zero-order valence-corrected chi connectivity index (χ0v) is 7.32. The predicted molar refractivity (Wildman–Crippen MR) is 45.7 cm³/mol. The molecule has 0 spiro atoms. The molecule has 1 aliphatic carbocycles. The maximum Gasteiger partial charge on any atom is 0.323 e. The van der Waals surface area contributed by atoms with E-state index in [-0.39, 0.29) is 11.8 Å². The van der Waals surface area contributed by atoms with Crippen molar-refractivity contribution in [3.8, 4) is 0 Å². The van der Waals surface area contributed by atoms with Crippen molar-refractivity contribution in [2.75, 3.05) is 0 Å². The first kappa shape index (κ1) is 9.98. The van der Waals surface area contributed by atoms with Crippen molar-refractivity contribution in [1.29, 1.82) is 0 Å². The molecule has 0 aromatic rings. The molecule has 0 bridgehead atoms. The van der Waals surface area contributed by atoms with Crippen LogP contribution in [0.1, 0.15) is 25.7 Å². The van der Waals surface area contributed by atoms with Gasteiger partial charge in [0.25, 0.3) is 0 Å². The second-order valence-electron chi connectivity index (χ2n) is 3.64. The van der Waals surface area contributed by atoms with Gasteiger partial charge in [-0.3, -0.25) is 9.59 Å². The number of carbonyl (C=O) groups is 2. The molecule has 0 aromatic heterocycles. The SMILES string of the molecule is NC(=O)C1CCC(N)(C(=O)O)CC1. The number of carboxylic acid groups (broad SMARTS) is 1. The lowest BCUT2D eigenvalue weighted by Crippen LogP contribution is -2.51. The Morgan fingerprint density at radius 1 is 1.31 bits per heavy atom. The minimum Gasteiger partial charge on any atom is -0.480 e.